The summed E-state index contributed by atoms with van der Waals surface area (Å²) in [6, 6.07) is 5.34. The molecular formula is C16H21N3O4S. The first kappa shape index (κ1) is 19.6. The lowest BCUT2D eigenvalue weighted by Gasteiger charge is -2.13. The van der Waals surface area contributed by atoms with Gasteiger partial charge >= 0.3 is 5.97 Å². The zero-order chi connectivity index (χ0) is 18.1. The molecule has 0 radical (unpaired) electrons. The highest BCUT2D eigenvalue weighted by Crippen LogP contribution is 2.20. The number of amides is 2. The van der Waals surface area contributed by atoms with Crippen LogP contribution in [0.25, 0.3) is 0 Å². The van der Waals surface area contributed by atoms with Gasteiger partial charge in [-0.15, -0.1) is 0 Å². The molecule has 0 aliphatic rings. The van der Waals surface area contributed by atoms with E-state index in [1.54, 1.807) is 19.1 Å². The Balaban J connectivity index is 2.60. The summed E-state index contributed by atoms with van der Waals surface area (Å²) in [5, 5.41) is 8.25. The predicted octanol–water partition coefficient (Wildman–Crippen LogP) is 2.11. The number of rotatable bonds is 6. The molecule has 0 aliphatic heterocycles. The molecule has 130 valence electrons. The first-order valence-electron chi connectivity index (χ1n) is 7.43. The van der Waals surface area contributed by atoms with Gasteiger partial charge in [-0.3, -0.25) is 14.4 Å². The zero-order valence-electron chi connectivity index (χ0n) is 13.9. The average Bonchev–Trinajstić information content (AvgIpc) is 2.55. The molecule has 24 heavy (non-hydrogen) atoms. The summed E-state index contributed by atoms with van der Waals surface area (Å²) >= 11 is 5.06. The van der Waals surface area contributed by atoms with E-state index in [0.29, 0.717) is 17.8 Å². The van der Waals surface area contributed by atoms with Crippen LogP contribution in [0.15, 0.2) is 18.2 Å². The molecule has 7 nitrogen and oxygen atoms in total. The first-order chi connectivity index (χ1) is 11.3. The van der Waals surface area contributed by atoms with Gasteiger partial charge in [0.2, 0.25) is 11.8 Å². The van der Waals surface area contributed by atoms with Crippen molar-refractivity contribution in [3.63, 3.8) is 0 Å². The van der Waals surface area contributed by atoms with Crippen molar-refractivity contribution in [1.82, 2.24) is 5.32 Å². The number of anilines is 2. The Bertz CT molecular complexity index is 646. The lowest BCUT2D eigenvalue weighted by atomic mass is 10.1. The molecule has 2 amide bonds. The molecule has 0 spiro atoms. The minimum atomic E-state index is -0.459. The number of aryl methyl sites for hydroxylation is 1. The number of carbonyl (C=O) groups excluding carboxylic acids is 3. The van der Waals surface area contributed by atoms with Crippen LogP contribution in [0, 0.1) is 6.92 Å². The minimum Gasteiger partial charge on any atom is -0.469 e. The molecule has 0 heterocycles. The Morgan fingerprint density at radius 3 is 2.46 bits per heavy atom. The summed E-state index contributed by atoms with van der Waals surface area (Å²) in [6.45, 7) is 3.65. The van der Waals surface area contributed by atoms with E-state index in [1.165, 1.54) is 7.11 Å². The Morgan fingerprint density at radius 1 is 1.12 bits per heavy atom. The average molecular weight is 351 g/mol. The predicted molar refractivity (Wildman–Crippen MR) is 95.7 cm³/mol. The van der Waals surface area contributed by atoms with E-state index in [2.05, 4.69) is 20.7 Å². The number of esters is 1. The topological polar surface area (TPSA) is 96.5 Å². The van der Waals surface area contributed by atoms with Gasteiger partial charge in [-0.25, -0.2) is 0 Å². The van der Waals surface area contributed by atoms with Gasteiger partial charge in [0, 0.05) is 24.2 Å². The van der Waals surface area contributed by atoms with Gasteiger partial charge in [0.1, 0.15) is 0 Å². The molecule has 1 aromatic rings. The van der Waals surface area contributed by atoms with Crippen LogP contribution in [0.2, 0.25) is 0 Å². The maximum atomic E-state index is 11.7. The van der Waals surface area contributed by atoms with E-state index in [9.17, 15) is 14.4 Å². The molecule has 0 saturated heterocycles. The van der Waals surface area contributed by atoms with Crippen LogP contribution in [-0.4, -0.2) is 30.0 Å². The van der Waals surface area contributed by atoms with Crippen molar-refractivity contribution in [2.75, 3.05) is 17.7 Å². The fourth-order valence-corrected chi connectivity index (χ4v) is 1.97. The number of hydrogen-bond donors (Lipinski definition) is 3. The van der Waals surface area contributed by atoms with Crippen molar-refractivity contribution in [1.29, 1.82) is 0 Å². The van der Waals surface area contributed by atoms with Crippen molar-refractivity contribution < 1.29 is 19.1 Å². The highest BCUT2D eigenvalue weighted by atomic mass is 32.1. The molecule has 0 bridgehead atoms. The largest absolute Gasteiger partial charge is 0.469 e. The Labute approximate surface area is 146 Å². The second-order valence-corrected chi connectivity index (χ2v) is 5.42. The van der Waals surface area contributed by atoms with Crippen LogP contribution >= 0.6 is 12.2 Å². The summed E-state index contributed by atoms with van der Waals surface area (Å²) in [4.78, 5) is 34.2. The van der Waals surface area contributed by atoms with Crippen LogP contribution in [0.1, 0.15) is 31.7 Å². The highest BCUT2D eigenvalue weighted by Gasteiger charge is 2.09. The molecule has 0 unspecified atom stereocenters. The van der Waals surface area contributed by atoms with E-state index < -0.39 is 5.97 Å². The normalized spacial score (nSPS) is 9.79. The van der Waals surface area contributed by atoms with Gasteiger partial charge in [0.15, 0.2) is 5.11 Å². The Hall–Kier alpha value is -2.48. The van der Waals surface area contributed by atoms with Crippen LogP contribution in [0.4, 0.5) is 11.4 Å². The van der Waals surface area contributed by atoms with E-state index >= 15 is 0 Å². The quantitative estimate of drug-likeness (QED) is 0.536. The molecule has 0 atom stereocenters. The highest BCUT2D eigenvalue weighted by molar-refractivity contribution is 7.80. The van der Waals surface area contributed by atoms with E-state index in [4.69, 9.17) is 12.2 Å². The molecular weight excluding hydrogens is 330 g/mol. The van der Waals surface area contributed by atoms with Crippen molar-refractivity contribution in [2.45, 2.75) is 33.1 Å². The maximum Gasteiger partial charge on any atom is 0.306 e. The van der Waals surface area contributed by atoms with E-state index in [1.807, 2.05) is 13.0 Å². The maximum absolute atomic E-state index is 11.7. The summed E-state index contributed by atoms with van der Waals surface area (Å²) in [5.74, 6) is -0.933. The molecule has 0 fully saturated rings. The molecule has 1 aromatic carbocycles. The van der Waals surface area contributed by atoms with Crippen molar-refractivity contribution in [2.24, 2.45) is 0 Å². The molecule has 8 heteroatoms. The van der Waals surface area contributed by atoms with Gasteiger partial charge in [0.05, 0.1) is 13.5 Å². The smallest absolute Gasteiger partial charge is 0.306 e. The van der Waals surface area contributed by atoms with Crippen LogP contribution in [0.3, 0.4) is 0 Å². The number of nitrogens with one attached hydrogen (secondary N) is 3. The van der Waals surface area contributed by atoms with Crippen molar-refractivity contribution >= 4 is 46.5 Å². The fraction of sp³-hybridized carbons (Fsp3) is 0.375. The summed E-state index contributed by atoms with van der Waals surface area (Å²) in [5.41, 5.74) is 2.22. The third kappa shape index (κ3) is 6.74. The van der Waals surface area contributed by atoms with Gasteiger partial charge in [-0.05, 0) is 36.8 Å². The molecule has 0 saturated carbocycles. The van der Waals surface area contributed by atoms with Crippen LogP contribution in [-0.2, 0) is 19.1 Å². The SMILES string of the molecule is CCC(=O)Nc1cc(NC(=S)NC(=O)CCC(=O)OC)ccc1C. The summed E-state index contributed by atoms with van der Waals surface area (Å²) < 4.78 is 4.46. The monoisotopic (exact) mass is 351 g/mol. The first-order valence-corrected chi connectivity index (χ1v) is 7.84. The summed E-state index contributed by atoms with van der Waals surface area (Å²) in [7, 11) is 1.26. The van der Waals surface area contributed by atoms with E-state index in [0.717, 1.165) is 5.56 Å². The van der Waals surface area contributed by atoms with Gasteiger partial charge in [0.25, 0.3) is 0 Å². The third-order valence-corrected chi connectivity index (χ3v) is 3.33. The van der Waals surface area contributed by atoms with Gasteiger partial charge in [-0.1, -0.05) is 13.0 Å². The number of benzene rings is 1. The second kappa shape index (κ2) is 9.61. The number of carbonyl (C=O) groups is 3. The Kier molecular flexibility index (Phi) is 7.84. The minimum absolute atomic E-state index is 0.0112. The van der Waals surface area contributed by atoms with Crippen LogP contribution < -0.4 is 16.0 Å². The lowest BCUT2D eigenvalue weighted by molar-refractivity contribution is -0.142. The standard InChI is InChI=1S/C16H21N3O4S/c1-4-13(20)18-12-9-11(6-5-10(12)2)17-16(24)19-14(21)7-8-15(22)23-3/h5-6,9H,4,7-8H2,1-3H3,(H,18,20)(H2,17,19,21,24). The second-order valence-electron chi connectivity index (χ2n) is 5.01. The lowest BCUT2D eigenvalue weighted by Crippen LogP contribution is -2.34. The Morgan fingerprint density at radius 2 is 1.83 bits per heavy atom. The van der Waals surface area contributed by atoms with Gasteiger partial charge < -0.3 is 20.7 Å². The molecule has 0 aliphatic carbocycles. The summed E-state index contributed by atoms with van der Waals surface area (Å²) in [6.07, 6.45) is 0.356. The number of methoxy groups -OCH3 is 1. The van der Waals surface area contributed by atoms with Gasteiger partial charge in [-0.2, -0.15) is 0 Å². The number of ether oxygens (including phenoxy) is 1. The molecule has 3 N–H and O–H groups in total. The van der Waals surface area contributed by atoms with Crippen molar-refractivity contribution in [3.8, 4) is 0 Å². The van der Waals surface area contributed by atoms with E-state index in [-0.39, 0.29) is 29.8 Å². The third-order valence-electron chi connectivity index (χ3n) is 3.13. The number of hydrogen-bond acceptors (Lipinski definition) is 5. The van der Waals surface area contributed by atoms with Crippen molar-refractivity contribution in [3.05, 3.63) is 23.8 Å². The number of thiocarbonyl (C=S) groups is 1. The van der Waals surface area contributed by atoms with Crippen LogP contribution in [0.5, 0.6) is 0 Å². The fourth-order valence-electron chi connectivity index (χ4n) is 1.74. The molecule has 0 aromatic heterocycles. The zero-order valence-corrected chi connectivity index (χ0v) is 14.7. The molecule has 1 rings (SSSR count).